The minimum Gasteiger partial charge on any atom is -0.497 e. The van der Waals surface area contributed by atoms with Crippen LogP contribution in [0, 0.1) is 5.82 Å². The molecule has 0 fully saturated rings. The highest BCUT2D eigenvalue weighted by Crippen LogP contribution is 2.32. The molecule has 2 aromatic carbocycles. The van der Waals surface area contributed by atoms with E-state index in [-0.39, 0.29) is 5.56 Å². The molecule has 0 spiro atoms. The molecule has 106 valence electrons. The Morgan fingerprint density at radius 2 is 1.70 bits per heavy atom. The first kappa shape index (κ1) is 14.8. The number of ether oxygens (including phenoxy) is 2. The summed E-state index contributed by atoms with van der Waals surface area (Å²) in [7, 11) is 3.04. The standard InChI is InChI=1S/C15H14BrFO3/c1-19-10-6-9(7-11(8-10)20-2)15(18)12-4-3-5-13(16)14(12)17/h3-8,15,18H,1-2H3. The van der Waals surface area contributed by atoms with Crippen molar-refractivity contribution in [2.45, 2.75) is 6.10 Å². The molecule has 5 heteroatoms. The van der Waals surface area contributed by atoms with Crippen LogP contribution >= 0.6 is 15.9 Å². The van der Waals surface area contributed by atoms with Crippen LogP contribution in [0.1, 0.15) is 17.2 Å². The molecule has 1 unspecified atom stereocenters. The average Bonchev–Trinajstić information content (AvgIpc) is 2.48. The number of methoxy groups -OCH3 is 2. The van der Waals surface area contributed by atoms with E-state index in [1.807, 2.05) is 0 Å². The Balaban J connectivity index is 2.47. The lowest BCUT2D eigenvalue weighted by Crippen LogP contribution is -2.04. The average molecular weight is 341 g/mol. The van der Waals surface area contributed by atoms with E-state index in [0.717, 1.165) is 0 Å². The van der Waals surface area contributed by atoms with Crippen molar-refractivity contribution in [2.24, 2.45) is 0 Å². The Morgan fingerprint density at radius 1 is 1.10 bits per heavy atom. The van der Waals surface area contributed by atoms with Crippen LogP contribution in [0.5, 0.6) is 11.5 Å². The van der Waals surface area contributed by atoms with Crippen molar-refractivity contribution in [1.82, 2.24) is 0 Å². The van der Waals surface area contributed by atoms with Gasteiger partial charge in [-0.3, -0.25) is 0 Å². The van der Waals surface area contributed by atoms with Crippen molar-refractivity contribution in [3.8, 4) is 11.5 Å². The molecule has 2 aromatic rings. The Kier molecular flexibility index (Phi) is 4.62. The fourth-order valence-corrected chi connectivity index (χ4v) is 2.28. The molecule has 2 rings (SSSR count). The Bertz CT molecular complexity index is 594. The van der Waals surface area contributed by atoms with Crippen LogP contribution in [0.2, 0.25) is 0 Å². The highest BCUT2D eigenvalue weighted by Gasteiger charge is 2.18. The van der Waals surface area contributed by atoms with Crippen LogP contribution in [0.3, 0.4) is 0 Å². The van der Waals surface area contributed by atoms with Gasteiger partial charge in [-0.15, -0.1) is 0 Å². The molecule has 20 heavy (non-hydrogen) atoms. The number of aliphatic hydroxyl groups is 1. The topological polar surface area (TPSA) is 38.7 Å². The van der Waals surface area contributed by atoms with E-state index in [9.17, 15) is 9.50 Å². The number of halogens is 2. The summed E-state index contributed by atoms with van der Waals surface area (Å²) in [6, 6.07) is 9.77. The van der Waals surface area contributed by atoms with Gasteiger partial charge in [0, 0.05) is 11.6 Å². The predicted molar refractivity (Wildman–Crippen MR) is 77.7 cm³/mol. The summed E-state index contributed by atoms with van der Waals surface area (Å²) < 4.78 is 24.6. The van der Waals surface area contributed by atoms with Crippen LogP contribution in [0.25, 0.3) is 0 Å². The molecular formula is C15H14BrFO3. The first-order valence-corrected chi connectivity index (χ1v) is 6.71. The lowest BCUT2D eigenvalue weighted by atomic mass is 10.0. The van der Waals surface area contributed by atoms with Gasteiger partial charge in [0.05, 0.1) is 18.7 Å². The molecule has 0 aromatic heterocycles. The normalized spacial score (nSPS) is 12.1. The van der Waals surface area contributed by atoms with Crippen LogP contribution in [-0.4, -0.2) is 19.3 Å². The lowest BCUT2D eigenvalue weighted by molar-refractivity contribution is 0.213. The molecule has 0 bridgehead atoms. The van der Waals surface area contributed by atoms with Crippen LogP contribution in [0.4, 0.5) is 4.39 Å². The molecule has 3 nitrogen and oxygen atoms in total. The summed E-state index contributed by atoms with van der Waals surface area (Å²) in [5.41, 5.74) is 0.688. The highest BCUT2D eigenvalue weighted by molar-refractivity contribution is 9.10. The first-order valence-electron chi connectivity index (χ1n) is 5.91. The van der Waals surface area contributed by atoms with Crippen LogP contribution in [0.15, 0.2) is 40.9 Å². The zero-order valence-electron chi connectivity index (χ0n) is 11.1. The van der Waals surface area contributed by atoms with E-state index in [1.165, 1.54) is 20.3 Å². The van der Waals surface area contributed by atoms with E-state index in [2.05, 4.69) is 15.9 Å². The van der Waals surface area contributed by atoms with Crippen molar-refractivity contribution in [1.29, 1.82) is 0 Å². The molecule has 0 aliphatic heterocycles. The molecule has 1 N–H and O–H groups in total. The monoisotopic (exact) mass is 340 g/mol. The fourth-order valence-electron chi connectivity index (χ4n) is 1.90. The Labute approximate surface area is 125 Å². The van der Waals surface area contributed by atoms with Crippen molar-refractivity contribution < 1.29 is 19.0 Å². The third-order valence-electron chi connectivity index (χ3n) is 2.97. The largest absolute Gasteiger partial charge is 0.497 e. The minimum absolute atomic E-state index is 0.190. The number of aliphatic hydroxyl groups excluding tert-OH is 1. The smallest absolute Gasteiger partial charge is 0.143 e. The third kappa shape index (κ3) is 2.94. The molecule has 0 saturated heterocycles. The highest BCUT2D eigenvalue weighted by atomic mass is 79.9. The van der Waals surface area contributed by atoms with Gasteiger partial charge < -0.3 is 14.6 Å². The molecule has 0 saturated carbocycles. The van der Waals surface area contributed by atoms with Gasteiger partial charge in [0.15, 0.2) is 0 Å². The maximum absolute atomic E-state index is 14.0. The molecule has 0 radical (unpaired) electrons. The molecule has 0 amide bonds. The second-order valence-corrected chi connectivity index (χ2v) is 5.05. The summed E-state index contributed by atoms with van der Waals surface area (Å²) >= 11 is 3.11. The quantitative estimate of drug-likeness (QED) is 0.922. The summed E-state index contributed by atoms with van der Waals surface area (Å²) in [5.74, 6) is 0.587. The molecule has 0 aliphatic carbocycles. The van der Waals surface area contributed by atoms with E-state index in [4.69, 9.17) is 9.47 Å². The second kappa shape index (κ2) is 6.24. The maximum Gasteiger partial charge on any atom is 0.143 e. The van der Waals surface area contributed by atoms with Crippen LogP contribution in [-0.2, 0) is 0 Å². The van der Waals surface area contributed by atoms with E-state index < -0.39 is 11.9 Å². The van der Waals surface area contributed by atoms with Crippen molar-refractivity contribution >= 4 is 15.9 Å². The van der Waals surface area contributed by atoms with Gasteiger partial charge in [-0.25, -0.2) is 4.39 Å². The van der Waals surface area contributed by atoms with Gasteiger partial charge in [0.25, 0.3) is 0 Å². The number of hydrogen-bond donors (Lipinski definition) is 1. The molecular weight excluding hydrogens is 327 g/mol. The summed E-state index contributed by atoms with van der Waals surface area (Å²) in [6.07, 6.45) is -1.10. The van der Waals surface area contributed by atoms with Crippen molar-refractivity contribution in [2.75, 3.05) is 14.2 Å². The number of benzene rings is 2. The maximum atomic E-state index is 14.0. The second-order valence-electron chi connectivity index (χ2n) is 4.19. The third-order valence-corrected chi connectivity index (χ3v) is 3.58. The zero-order chi connectivity index (χ0) is 14.7. The van der Waals surface area contributed by atoms with Gasteiger partial charge in [-0.05, 0) is 39.7 Å². The van der Waals surface area contributed by atoms with E-state index in [1.54, 1.807) is 30.3 Å². The summed E-state index contributed by atoms with van der Waals surface area (Å²) in [4.78, 5) is 0. The Morgan fingerprint density at radius 3 is 2.25 bits per heavy atom. The van der Waals surface area contributed by atoms with Gasteiger partial charge >= 0.3 is 0 Å². The zero-order valence-corrected chi connectivity index (χ0v) is 12.6. The Hall–Kier alpha value is -1.59. The molecule has 1 atom stereocenters. The minimum atomic E-state index is -1.10. The van der Waals surface area contributed by atoms with Gasteiger partial charge in [0.2, 0.25) is 0 Å². The van der Waals surface area contributed by atoms with Gasteiger partial charge in [-0.2, -0.15) is 0 Å². The molecule has 0 heterocycles. The van der Waals surface area contributed by atoms with Gasteiger partial charge in [0.1, 0.15) is 23.4 Å². The van der Waals surface area contributed by atoms with E-state index >= 15 is 0 Å². The van der Waals surface area contributed by atoms with Crippen LogP contribution < -0.4 is 9.47 Å². The summed E-state index contributed by atoms with van der Waals surface area (Å²) in [5, 5.41) is 10.4. The lowest BCUT2D eigenvalue weighted by Gasteiger charge is -2.15. The SMILES string of the molecule is COc1cc(OC)cc(C(O)c2cccc(Br)c2F)c1. The number of hydrogen-bond acceptors (Lipinski definition) is 3. The predicted octanol–water partition coefficient (Wildman–Crippen LogP) is 3.69. The summed E-state index contributed by atoms with van der Waals surface area (Å²) in [6.45, 7) is 0. The van der Waals surface area contributed by atoms with Crippen molar-refractivity contribution in [3.05, 3.63) is 57.8 Å². The fraction of sp³-hybridized carbons (Fsp3) is 0.200. The van der Waals surface area contributed by atoms with E-state index in [0.29, 0.717) is 21.5 Å². The van der Waals surface area contributed by atoms with Crippen molar-refractivity contribution in [3.63, 3.8) is 0 Å². The number of rotatable bonds is 4. The molecule has 0 aliphatic rings. The van der Waals surface area contributed by atoms with Gasteiger partial charge in [-0.1, -0.05) is 12.1 Å². The first-order chi connectivity index (χ1) is 9.56.